The van der Waals surface area contributed by atoms with Gasteiger partial charge < -0.3 is 20.7 Å². The van der Waals surface area contributed by atoms with Crippen LogP contribution in [0.3, 0.4) is 0 Å². The van der Waals surface area contributed by atoms with E-state index < -0.39 is 11.6 Å². The fraction of sp³-hybridized carbons (Fsp3) is 0.286. The van der Waals surface area contributed by atoms with Gasteiger partial charge in [-0.1, -0.05) is 6.92 Å². The van der Waals surface area contributed by atoms with Crippen LogP contribution in [0.1, 0.15) is 13.3 Å². The van der Waals surface area contributed by atoms with Crippen LogP contribution in [-0.2, 0) is 0 Å². The van der Waals surface area contributed by atoms with Crippen LogP contribution in [0.25, 0.3) is 0 Å². The largest absolute Gasteiger partial charge is 0.369 e. The average Bonchev–Trinajstić information content (AvgIpc) is 3.43. The molecule has 4 rings (SSSR count). The van der Waals surface area contributed by atoms with E-state index in [4.69, 9.17) is 0 Å². The van der Waals surface area contributed by atoms with E-state index in [0.29, 0.717) is 28.0 Å². The zero-order chi connectivity index (χ0) is 22.4. The molecule has 1 saturated heterocycles. The third-order valence-corrected chi connectivity index (χ3v) is 6.07. The molecule has 0 unspecified atom stereocenters. The number of aromatic nitrogens is 1. The third-order valence-electron chi connectivity index (χ3n) is 4.71. The number of halogens is 3. The second kappa shape index (κ2) is 10.7. The van der Waals surface area contributed by atoms with Crippen LogP contribution in [0.5, 0.6) is 0 Å². The molecule has 1 aliphatic heterocycles. The van der Waals surface area contributed by atoms with Crippen LogP contribution < -0.4 is 20.7 Å². The first-order valence-electron chi connectivity index (χ1n) is 9.69. The molecule has 0 aliphatic carbocycles. The van der Waals surface area contributed by atoms with E-state index in [1.165, 1.54) is 48.7 Å². The summed E-state index contributed by atoms with van der Waals surface area (Å²) in [5.41, 5.74) is 6.98. The quantitative estimate of drug-likeness (QED) is 0.396. The summed E-state index contributed by atoms with van der Waals surface area (Å²) < 4.78 is 46.1. The topological polar surface area (TPSA) is 66.2 Å². The molecule has 166 valence electrons. The Morgan fingerprint density at radius 2 is 1.90 bits per heavy atom. The molecule has 1 aromatic heterocycles. The lowest BCUT2D eigenvalue weighted by atomic mass is 10.2. The molecule has 5 nitrogen and oxygen atoms in total. The van der Waals surface area contributed by atoms with Crippen LogP contribution >= 0.6 is 23.3 Å². The number of anilines is 4. The summed E-state index contributed by atoms with van der Waals surface area (Å²) in [5, 5.41) is 4.62. The van der Waals surface area contributed by atoms with Crippen molar-refractivity contribution in [2.45, 2.75) is 18.2 Å². The van der Waals surface area contributed by atoms with Crippen molar-refractivity contribution in [3.8, 4) is 0 Å². The monoisotopic (exact) mass is 467 g/mol. The Kier molecular flexibility index (Phi) is 8.05. The normalized spacial score (nSPS) is 15.4. The second-order valence-electron chi connectivity index (χ2n) is 6.97. The summed E-state index contributed by atoms with van der Waals surface area (Å²) in [5.74, 6) is -0.721. The van der Waals surface area contributed by atoms with E-state index in [1.54, 1.807) is 10.9 Å². The molecule has 1 atom stereocenters. The van der Waals surface area contributed by atoms with Gasteiger partial charge in [0.15, 0.2) is 11.6 Å². The molecule has 0 radical (unpaired) electrons. The van der Waals surface area contributed by atoms with Gasteiger partial charge in [-0.15, -0.1) is 11.3 Å². The van der Waals surface area contributed by atoms with Crippen molar-refractivity contribution in [3.05, 3.63) is 58.7 Å². The van der Waals surface area contributed by atoms with Crippen molar-refractivity contribution < 1.29 is 13.2 Å². The van der Waals surface area contributed by atoms with Crippen molar-refractivity contribution in [1.29, 1.82) is 0 Å². The molecule has 0 bridgehead atoms. The zero-order valence-corrected chi connectivity index (χ0v) is 18.8. The highest BCUT2D eigenvalue weighted by molar-refractivity contribution is 8.00. The molecule has 4 N–H and O–H groups in total. The smallest absolute Gasteiger partial charge is 0.150 e. The van der Waals surface area contributed by atoms with Gasteiger partial charge in [0.2, 0.25) is 0 Å². The van der Waals surface area contributed by atoms with Gasteiger partial charge in [-0.25, -0.2) is 18.2 Å². The molecule has 1 fully saturated rings. The molecule has 3 aromatic rings. The fourth-order valence-corrected chi connectivity index (χ4v) is 4.48. The SMILES string of the molecule is CN.C[C@@H]1CCN(c2cc(F)ccc2Nc2c(F)cc(SNc3cscn3)cc2F)C1. The first kappa shape index (κ1) is 23.2. The van der Waals surface area contributed by atoms with Crippen LogP contribution in [0, 0.1) is 23.4 Å². The van der Waals surface area contributed by atoms with Crippen LogP contribution in [0.2, 0.25) is 0 Å². The molecule has 10 heteroatoms. The average molecular weight is 468 g/mol. The first-order chi connectivity index (χ1) is 15.0. The highest BCUT2D eigenvalue weighted by atomic mass is 32.2. The van der Waals surface area contributed by atoms with Gasteiger partial charge in [0, 0.05) is 23.4 Å². The summed E-state index contributed by atoms with van der Waals surface area (Å²) in [6, 6.07) is 6.69. The molecule has 0 amide bonds. The summed E-state index contributed by atoms with van der Waals surface area (Å²) in [6.45, 7) is 3.69. The predicted molar refractivity (Wildman–Crippen MR) is 124 cm³/mol. The Morgan fingerprint density at radius 1 is 1.16 bits per heavy atom. The minimum Gasteiger partial charge on any atom is -0.369 e. The number of nitrogens with zero attached hydrogens (tertiary/aromatic N) is 2. The van der Waals surface area contributed by atoms with Crippen molar-refractivity contribution in [2.24, 2.45) is 11.7 Å². The minimum absolute atomic E-state index is 0.261. The van der Waals surface area contributed by atoms with Crippen molar-refractivity contribution in [1.82, 2.24) is 4.98 Å². The highest BCUT2D eigenvalue weighted by Gasteiger charge is 2.23. The van der Waals surface area contributed by atoms with Gasteiger partial charge in [-0.2, -0.15) is 0 Å². The van der Waals surface area contributed by atoms with Gasteiger partial charge in [-0.05, 0) is 61.7 Å². The Labute approximate surface area is 188 Å². The van der Waals surface area contributed by atoms with Crippen molar-refractivity contribution in [3.63, 3.8) is 0 Å². The molecule has 31 heavy (non-hydrogen) atoms. The van der Waals surface area contributed by atoms with Crippen LogP contribution in [0.4, 0.5) is 36.1 Å². The fourth-order valence-electron chi connectivity index (χ4n) is 3.26. The van der Waals surface area contributed by atoms with E-state index in [2.05, 4.69) is 27.7 Å². The zero-order valence-electron chi connectivity index (χ0n) is 17.2. The lowest BCUT2D eigenvalue weighted by molar-refractivity contribution is 0.585. The van der Waals surface area contributed by atoms with Gasteiger partial charge in [0.1, 0.15) is 17.3 Å². The van der Waals surface area contributed by atoms with Gasteiger partial charge >= 0.3 is 0 Å². The minimum atomic E-state index is -0.724. The number of hydrogen-bond acceptors (Lipinski definition) is 7. The molecule has 0 spiro atoms. The first-order valence-corrected chi connectivity index (χ1v) is 11.4. The molecular weight excluding hydrogens is 443 g/mol. The predicted octanol–water partition coefficient (Wildman–Crippen LogP) is 5.84. The Bertz CT molecular complexity index is 978. The maximum absolute atomic E-state index is 14.7. The molecule has 2 heterocycles. The van der Waals surface area contributed by atoms with Gasteiger partial charge in [0.05, 0.1) is 16.9 Å². The number of rotatable bonds is 6. The van der Waals surface area contributed by atoms with Gasteiger partial charge in [0.25, 0.3) is 0 Å². The maximum Gasteiger partial charge on any atom is 0.150 e. The van der Waals surface area contributed by atoms with Crippen LogP contribution in [-0.4, -0.2) is 25.1 Å². The highest BCUT2D eigenvalue weighted by Crippen LogP contribution is 2.36. The maximum atomic E-state index is 14.7. The van der Waals surface area contributed by atoms with E-state index >= 15 is 0 Å². The number of nitrogens with one attached hydrogen (secondary N) is 2. The van der Waals surface area contributed by atoms with Crippen molar-refractivity contribution in [2.75, 3.05) is 35.1 Å². The van der Waals surface area contributed by atoms with E-state index in [9.17, 15) is 13.2 Å². The molecular formula is C21H24F3N5S2. The molecule has 0 saturated carbocycles. The van der Waals surface area contributed by atoms with Crippen LogP contribution in [0.15, 0.2) is 46.1 Å². The Balaban J connectivity index is 0.00000132. The molecule has 1 aliphatic rings. The van der Waals surface area contributed by atoms with E-state index in [0.717, 1.165) is 31.5 Å². The number of thiazole rings is 1. The van der Waals surface area contributed by atoms with Gasteiger partial charge in [-0.3, -0.25) is 0 Å². The van der Waals surface area contributed by atoms with E-state index in [-0.39, 0.29) is 11.5 Å². The summed E-state index contributed by atoms with van der Waals surface area (Å²) >= 11 is 2.50. The third kappa shape index (κ3) is 5.84. The summed E-state index contributed by atoms with van der Waals surface area (Å²) in [4.78, 5) is 6.48. The summed E-state index contributed by atoms with van der Waals surface area (Å²) in [7, 11) is 1.50. The Hall–Kier alpha value is -2.43. The number of hydrogen-bond donors (Lipinski definition) is 3. The van der Waals surface area contributed by atoms with Crippen molar-refractivity contribution >= 4 is 46.2 Å². The number of nitrogens with two attached hydrogens (primary N) is 1. The standard InChI is InChI=1S/C20H19F3N4S2.CH5N/c1-12-4-5-27(9-12)18-6-13(21)2-3-17(18)25-20-15(22)7-14(8-16(20)23)29-26-19-10-28-11-24-19;1-2/h2-3,6-8,10-12,25-26H,4-5,9H2,1H3;2H2,1H3/t12-;/m1./s1. The summed E-state index contributed by atoms with van der Waals surface area (Å²) in [6.07, 6.45) is 0.997. The number of benzene rings is 2. The lowest BCUT2D eigenvalue weighted by Crippen LogP contribution is -2.20. The lowest BCUT2D eigenvalue weighted by Gasteiger charge is -2.23. The Morgan fingerprint density at radius 3 is 2.52 bits per heavy atom. The van der Waals surface area contributed by atoms with E-state index in [1.807, 2.05) is 4.90 Å². The second-order valence-corrected chi connectivity index (χ2v) is 8.56. The molecule has 2 aromatic carbocycles.